The van der Waals surface area contributed by atoms with Crippen LogP contribution in [0.5, 0.6) is 23.0 Å². The van der Waals surface area contributed by atoms with Gasteiger partial charge in [0.2, 0.25) is 0 Å². The average Bonchev–Trinajstić information content (AvgIpc) is 2.94. The van der Waals surface area contributed by atoms with Gasteiger partial charge in [-0.2, -0.15) is 0 Å². The van der Waals surface area contributed by atoms with Gasteiger partial charge in [-0.15, -0.1) is 0 Å². The summed E-state index contributed by atoms with van der Waals surface area (Å²) < 4.78 is 18.2. The number of carbonyl (C=O) groups excluding carboxylic acids is 1. The summed E-state index contributed by atoms with van der Waals surface area (Å²) in [6.45, 7) is 0. The molecule has 1 amide bonds. The summed E-state index contributed by atoms with van der Waals surface area (Å²) in [6, 6.07) is 21.2. The molecule has 0 atom stereocenters. The van der Waals surface area contributed by atoms with Crippen molar-refractivity contribution in [2.45, 2.75) is 0 Å². The first kappa shape index (κ1) is 23.6. The van der Waals surface area contributed by atoms with E-state index in [0.717, 1.165) is 5.39 Å². The van der Waals surface area contributed by atoms with E-state index in [0.29, 0.717) is 39.9 Å². The lowest BCUT2D eigenvalue weighted by Crippen LogP contribution is -2.29. The molecule has 3 aromatic carbocycles. The highest BCUT2D eigenvalue weighted by Gasteiger charge is 2.16. The van der Waals surface area contributed by atoms with Crippen LogP contribution in [0.4, 0.5) is 5.69 Å². The normalized spacial score (nSPS) is 10.6. The van der Waals surface area contributed by atoms with Crippen LogP contribution in [0.15, 0.2) is 96.2 Å². The summed E-state index contributed by atoms with van der Waals surface area (Å²) in [6.07, 6.45) is 4.59. The molecule has 0 unspecified atom stereocenters. The molecule has 1 N–H and O–H groups in total. The lowest BCUT2D eigenvalue weighted by molar-refractivity contribution is 0.102. The Bertz CT molecular complexity index is 1630. The highest BCUT2D eigenvalue weighted by Crippen LogP contribution is 2.37. The van der Waals surface area contributed by atoms with Crippen LogP contribution in [-0.2, 0) is 0 Å². The van der Waals surface area contributed by atoms with Gasteiger partial charge in [-0.25, -0.2) is 4.98 Å². The van der Waals surface area contributed by atoms with Crippen LogP contribution >= 0.6 is 0 Å². The number of hydrogen-bond donors (Lipinski definition) is 1. The molecule has 0 aliphatic carbocycles. The number of fused-ring (bicyclic) bond motifs is 1. The molecule has 0 saturated carbocycles. The Morgan fingerprint density at radius 1 is 0.838 bits per heavy atom. The second kappa shape index (κ2) is 10.2. The number of aromatic nitrogens is 3. The molecule has 0 spiro atoms. The number of anilines is 1. The fraction of sp³-hybridized carbons (Fsp3) is 0.0714. The lowest BCUT2D eigenvalue weighted by Gasteiger charge is -2.13. The van der Waals surface area contributed by atoms with Crippen molar-refractivity contribution in [3.8, 4) is 28.7 Å². The van der Waals surface area contributed by atoms with Crippen LogP contribution in [0.25, 0.3) is 16.6 Å². The maximum absolute atomic E-state index is 12.8. The van der Waals surface area contributed by atoms with Crippen molar-refractivity contribution in [2.75, 3.05) is 19.5 Å². The van der Waals surface area contributed by atoms with E-state index < -0.39 is 11.5 Å². The van der Waals surface area contributed by atoms with Gasteiger partial charge in [-0.05, 0) is 48.5 Å². The van der Waals surface area contributed by atoms with Gasteiger partial charge < -0.3 is 19.5 Å². The topological polar surface area (TPSA) is 105 Å². The molecule has 0 fully saturated rings. The molecule has 9 heteroatoms. The third kappa shape index (κ3) is 4.83. The van der Waals surface area contributed by atoms with Gasteiger partial charge in [0.1, 0.15) is 11.5 Å². The van der Waals surface area contributed by atoms with Crippen molar-refractivity contribution in [1.82, 2.24) is 14.5 Å². The fourth-order valence-electron chi connectivity index (χ4n) is 3.82. The van der Waals surface area contributed by atoms with Crippen molar-refractivity contribution < 1.29 is 19.0 Å². The number of para-hydroxylation sites is 1. The minimum atomic E-state index is -0.606. The smallest absolute Gasteiger partial charge is 0.286 e. The van der Waals surface area contributed by atoms with Crippen LogP contribution in [0.2, 0.25) is 0 Å². The van der Waals surface area contributed by atoms with Gasteiger partial charge in [-0.3, -0.25) is 19.1 Å². The SMILES string of the molecule is COc1cc2nccc(Oc3ccc(NC(=O)c4nccn(-c5ccccc5)c4=O)cc3)c2cc1OC. The quantitative estimate of drug-likeness (QED) is 0.345. The average molecular weight is 495 g/mol. The molecule has 184 valence electrons. The van der Waals surface area contributed by atoms with E-state index in [2.05, 4.69) is 15.3 Å². The zero-order valence-electron chi connectivity index (χ0n) is 20.0. The maximum Gasteiger partial charge on any atom is 0.286 e. The van der Waals surface area contributed by atoms with Crippen molar-refractivity contribution in [2.24, 2.45) is 0 Å². The molecule has 37 heavy (non-hydrogen) atoms. The highest BCUT2D eigenvalue weighted by atomic mass is 16.5. The summed E-state index contributed by atoms with van der Waals surface area (Å²) >= 11 is 0. The Morgan fingerprint density at radius 3 is 2.30 bits per heavy atom. The van der Waals surface area contributed by atoms with E-state index in [-0.39, 0.29) is 5.69 Å². The number of nitrogens with zero attached hydrogens (tertiary/aromatic N) is 3. The Morgan fingerprint density at radius 2 is 1.57 bits per heavy atom. The summed E-state index contributed by atoms with van der Waals surface area (Å²) in [7, 11) is 3.13. The number of ether oxygens (including phenoxy) is 3. The van der Waals surface area contributed by atoms with Crippen LogP contribution in [0.3, 0.4) is 0 Å². The number of hydrogen-bond acceptors (Lipinski definition) is 7. The molecule has 2 heterocycles. The van der Waals surface area contributed by atoms with Gasteiger partial charge in [0, 0.05) is 41.4 Å². The van der Waals surface area contributed by atoms with Crippen LogP contribution in [0.1, 0.15) is 10.5 Å². The number of benzene rings is 3. The molecule has 2 aromatic heterocycles. The van der Waals surface area contributed by atoms with Crippen LogP contribution in [-0.4, -0.2) is 34.7 Å². The summed E-state index contributed by atoms with van der Waals surface area (Å²) in [5, 5.41) is 3.47. The van der Waals surface area contributed by atoms with Crippen molar-refractivity contribution in [3.05, 3.63) is 107 Å². The molecule has 0 saturated heterocycles. The van der Waals surface area contributed by atoms with Gasteiger partial charge in [-0.1, -0.05) is 18.2 Å². The second-order valence-electron chi connectivity index (χ2n) is 7.90. The van der Waals surface area contributed by atoms with E-state index in [9.17, 15) is 9.59 Å². The zero-order valence-corrected chi connectivity index (χ0v) is 20.0. The van der Waals surface area contributed by atoms with Gasteiger partial charge >= 0.3 is 0 Å². The molecule has 0 bridgehead atoms. The van der Waals surface area contributed by atoms with Crippen LogP contribution in [0, 0.1) is 0 Å². The first-order chi connectivity index (χ1) is 18.1. The van der Waals surface area contributed by atoms with E-state index >= 15 is 0 Å². The summed E-state index contributed by atoms with van der Waals surface area (Å²) in [5.41, 5.74) is 1.10. The van der Waals surface area contributed by atoms with E-state index in [1.165, 1.54) is 17.0 Å². The lowest BCUT2D eigenvalue weighted by atomic mass is 10.2. The largest absolute Gasteiger partial charge is 0.493 e. The Labute approximate surface area is 211 Å². The van der Waals surface area contributed by atoms with Crippen molar-refractivity contribution in [1.29, 1.82) is 0 Å². The number of amides is 1. The monoisotopic (exact) mass is 494 g/mol. The van der Waals surface area contributed by atoms with Crippen molar-refractivity contribution >= 4 is 22.5 Å². The minimum absolute atomic E-state index is 0.209. The van der Waals surface area contributed by atoms with E-state index in [4.69, 9.17) is 14.2 Å². The summed E-state index contributed by atoms with van der Waals surface area (Å²) in [4.78, 5) is 34.0. The molecule has 0 radical (unpaired) electrons. The number of carbonyl (C=O) groups is 1. The molecule has 5 rings (SSSR count). The van der Waals surface area contributed by atoms with Gasteiger partial charge in [0.15, 0.2) is 17.2 Å². The first-order valence-electron chi connectivity index (χ1n) is 11.3. The van der Waals surface area contributed by atoms with E-state index in [1.807, 2.05) is 18.2 Å². The number of methoxy groups -OCH3 is 2. The van der Waals surface area contributed by atoms with E-state index in [1.54, 1.807) is 75.0 Å². The Hall–Kier alpha value is -5.18. The predicted molar refractivity (Wildman–Crippen MR) is 139 cm³/mol. The van der Waals surface area contributed by atoms with Crippen molar-refractivity contribution in [3.63, 3.8) is 0 Å². The van der Waals surface area contributed by atoms with Gasteiger partial charge in [0.25, 0.3) is 11.5 Å². The molecular formula is C28H22N4O5. The first-order valence-corrected chi connectivity index (χ1v) is 11.3. The number of pyridine rings is 1. The predicted octanol–water partition coefficient (Wildman–Crippen LogP) is 4.84. The zero-order chi connectivity index (χ0) is 25.8. The second-order valence-corrected chi connectivity index (χ2v) is 7.90. The van der Waals surface area contributed by atoms with Crippen LogP contribution < -0.4 is 25.1 Å². The molecule has 0 aliphatic heterocycles. The third-order valence-electron chi connectivity index (χ3n) is 5.64. The Balaban J connectivity index is 1.35. The fourth-order valence-corrected chi connectivity index (χ4v) is 3.82. The maximum atomic E-state index is 12.8. The number of rotatable bonds is 7. The van der Waals surface area contributed by atoms with Gasteiger partial charge in [0.05, 0.1) is 19.7 Å². The molecule has 0 aliphatic rings. The Kier molecular flexibility index (Phi) is 6.50. The molecular weight excluding hydrogens is 472 g/mol. The highest BCUT2D eigenvalue weighted by molar-refractivity contribution is 6.02. The third-order valence-corrected chi connectivity index (χ3v) is 5.64. The number of nitrogens with one attached hydrogen (secondary N) is 1. The molecule has 9 nitrogen and oxygen atoms in total. The molecule has 5 aromatic rings. The minimum Gasteiger partial charge on any atom is -0.493 e. The summed E-state index contributed by atoms with van der Waals surface area (Å²) in [5.74, 6) is 1.65. The standard InChI is InChI=1S/C28H22N4O5/c1-35-24-16-21-22(17-25(24)36-2)29-13-12-23(21)37-20-10-8-18(9-11-20)31-27(33)26-28(34)32(15-14-30-26)19-6-4-3-5-7-19/h3-17H,1-2H3,(H,31,33).